The van der Waals surface area contributed by atoms with Crippen molar-refractivity contribution >= 4 is 0 Å². The zero-order valence-corrected chi connectivity index (χ0v) is 23.1. The Kier molecular flexibility index (Phi) is 8.13. The summed E-state index contributed by atoms with van der Waals surface area (Å²) < 4.78 is 7.03. The quantitative estimate of drug-likeness (QED) is 0.184. The Morgan fingerprint density at radius 3 is 2.02 bits per heavy atom. The first-order chi connectivity index (χ1) is 19.2. The SMILES string of the molecule is COc1ccc(Cn2cc(C(O)(c3ccc[cH-]3)C3c4ccccc4-c4ccccc43)nn2)cc1.[Fe+2].c1cc[cH-]c1. The number of ether oxygens (including phenoxy) is 1. The number of aliphatic hydroxyl groups is 1. The minimum absolute atomic E-state index is 0. The van der Waals surface area contributed by atoms with Crippen LogP contribution in [0.25, 0.3) is 11.1 Å². The van der Waals surface area contributed by atoms with Crippen LogP contribution in [-0.2, 0) is 29.2 Å². The summed E-state index contributed by atoms with van der Waals surface area (Å²) in [6.07, 6.45) is 1.86. The fraction of sp³-hybridized carbons (Fsp3) is 0.118. The Balaban J connectivity index is 0.000000487. The van der Waals surface area contributed by atoms with Crippen molar-refractivity contribution < 1.29 is 26.9 Å². The molecule has 1 heterocycles. The molecule has 1 aliphatic carbocycles. The van der Waals surface area contributed by atoms with Crippen LogP contribution in [0, 0.1) is 0 Å². The maximum absolute atomic E-state index is 12.6. The Hall–Kier alpha value is -4.22. The van der Waals surface area contributed by atoms with Gasteiger partial charge in [-0.15, -0.1) is 10.7 Å². The van der Waals surface area contributed by atoms with E-state index in [1.165, 1.54) is 0 Å². The van der Waals surface area contributed by atoms with Gasteiger partial charge in [-0.3, -0.25) is 0 Å². The molecule has 5 nitrogen and oxygen atoms in total. The van der Waals surface area contributed by atoms with Gasteiger partial charge in [0.25, 0.3) is 0 Å². The van der Waals surface area contributed by atoms with Crippen LogP contribution in [-0.4, -0.2) is 27.2 Å². The van der Waals surface area contributed by atoms with E-state index >= 15 is 0 Å². The fourth-order valence-corrected chi connectivity index (χ4v) is 5.49. The molecule has 7 rings (SSSR count). The summed E-state index contributed by atoms with van der Waals surface area (Å²) in [6, 6.07) is 42.3. The van der Waals surface area contributed by atoms with Crippen LogP contribution in [0.3, 0.4) is 0 Å². The Morgan fingerprint density at radius 2 is 1.48 bits per heavy atom. The topological polar surface area (TPSA) is 60.2 Å². The van der Waals surface area contributed by atoms with Crippen molar-refractivity contribution in [2.24, 2.45) is 0 Å². The van der Waals surface area contributed by atoms with E-state index in [9.17, 15) is 5.11 Å². The Bertz CT molecular complexity index is 1580. The zero-order valence-electron chi connectivity index (χ0n) is 22.0. The second-order valence-corrected chi connectivity index (χ2v) is 9.66. The maximum Gasteiger partial charge on any atom is 2.00 e. The van der Waals surface area contributed by atoms with Crippen LogP contribution in [0.4, 0.5) is 0 Å². The first kappa shape index (κ1) is 27.4. The van der Waals surface area contributed by atoms with E-state index in [1.54, 1.807) is 11.8 Å². The molecular formula is C34H29FeN3O2. The van der Waals surface area contributed by atoms with Crippen LogP contribution in [0.1, 0.15) is 33.9 Å². The molecule has 5 aromatic carbocycles. The number of rotatable bonds is 6. The molecule has 1 atom stereocenters. The average molecular weight is 567 g/mol. The molecule has 0 amide bonds. The van der Waals surface area contributed by atoms with Gasteiger partial charge >= 0.3 is 17.1 Å². The number of hydrogen-bond donors (Lipinski definition) is 1. The van der Waals surface area contributed by atoms with Crippen LogP contribution in [0.5, 0.6) is 5.75 Å². The Labute approximate surface area is 244 Å². The van der Waals surface area contributed by atoms with Crippen LogP contribution >= 0.6 is 0 Å². The normalized spacial score (nSPS) is 13.2. The molecule has 0 saturated heterocycles. The fourth-order valence-electron chi connectivity index (χ4n) is 5.49. The van der Waals surface area contributed by atoms with E-state index in [2.05, 4.69) is 34.6 Å². The minimum Gasteiger partial charge on any atom is -0.497 e. The molecule has 0 aliphatic heterocycles. The molecule has 0 spiro atoms. The largest absolute Gasteiger partial charge is 2.00 e. The standard InChI is InChI=1S/C29H24N3O2.C5H5.Fe/c1-34-22-16-14-20(15-17-22)18-32-19-27(30-31-32)29(33,21-8-2-3-9-21)28-25-12-6-4-10-23(25)24-11-5-7-13-26(24)28;1-2-4-5-3-1;/h2-17,19,28,33H,18H2,1H3;1-5H;/q2*-1;+2. The van der Waals surface area contributed by atoms with E-state index in [1.807, 2.05) is 109 Å². The average Bonchev–Trinajstić information content (AvgIpc) is 3.81. The van der Waals surface area contributed by atoms with Gasteiger partial charge in [-0.1, -0.05) is 65.9 Å². The third-order valence-corrected chi connectivity index (χ3v) is 7.34. The molecule has 1 N–H and O–H groups in total. The predicted molar refractivity (Wildman–Crippen MR) is 153 cm³/mol. The maximum atomic E-state index is 12.6. The van der Waals surface area contributed by atoms with E-state index in [4.69, 9.17) is 4.74 Å². The van der Waals surface area contributed by atoms with Gasteiger partial charge in [0, 0.05) is 5.92 Å². The first-order valence-electron chi connectivity index (χ1n) is 13.0. The molecule has 1 aliphatic rings. The number of nitrogens with zero attached hydrogens (tertiary/aromatic N) is 3. The summed E-state index contributed by atoms with van der Waals surface area (Å²) in [5.74, 6) is 0.514. The van der Waals surface area contributed by atoms with Crippen molar-refractivity contribution in [1.82, 2.24) is 15.0 Å². The van der Waals surface area contributed by atoms with Crippen molar-refractivity contribution in [2.45, 2.75) is 18.1 Å². The summed E-state index contributed by atoms with van der Waals surface area (Å²) in [5, 5.41) is 21.4. The van der Waals surface area contributed by atoms with Crippen LogP contribution in [0.15, 0.2) is 134 Å². The van der Waals surface area contributed by atoms with Crippen LogP contribution < -0.4 is 4.74 Å². The summed E-state index contributed by atoms with van der Waals surface area (Å²) in [6.45, 7) is 0.548. The second kappa shape index (κ2) is 11.9. The molecule has 0 fully saturated rings. The van der Waals surface area contributed by atoms with Crippen LogP contribution in [0.2, 0.25) is 0 Å². The van der Waals surface area contributed by atoms with Gasteiger partial charge in [-0.2, -0.15) is 30.3 Å². The molecule has 6 heteroatoms. The third kappa shape index (κ3) is 5.05. The van der Waals surface area contributed by atoms with Gasteiger partial charge < -0.3 is 9.84 Å². The van der Waals surface area contributed by atoms with Gasteiger partial charge in [0.1, 0.15) is 17.0 Å². The summed E-state index contributed by atoms with van der Waals surface area (Å²) in [4.78, 5) is 0. The molecule has 6 aromatic rings. The van der Waals surface area contributed by atoms with Crippen molar-refractivity contribution in [3.63, 3.8) is 0 Å². The molecule has 200 valence electrons. The van der Waals surface area contributed by atoms with Gasteiger partial charge in [0.05, 0.1) is 19.9 Å². The molecule has 1 aromatic heterocycles. The number of benzene rings is 3. The molecule has 0 saturated carbocycles. The van der Waals surface area contributed by atoms with Crippen molar-refractivity contribution in [3.05, 3.63) is 162 Å². The number of methoxy groups -OCH3 is 1. The zero-order chi connectivity index (χ0) is 26.7. The summed E-state index contributed by atoms with van der Waals surface area (Å²) in [7, 11) is 1.66. The van der Waals surface area contributed by atoms with Crippen molar-refractivity contribution in [3.8, 4) is 16.9 Å². The minimum atomic E-state index is -1.37. The third-order valence-electron chi connectivity index (χ3n) is 7.34. The van der Waals surface area contributed by atoms with E-state index in [0.29, 0.717) is 12.2 Å². The molecule has 0 bridgehead atoms. The predicted octanol–water partition coefficient (Wildman–Crippen LogP) is 6.51. The number of fused-ring (bicyclic) bond motifs is 3. The molecular weight excluding hydrogens is 538 g/mol. The van der Waals surface area contributed by atoms with Gasteiger partial charge in [0.2, 0.25) is 0 Å². The Morgan fingerprint density at radius 1 is 0.825 bits per heavy atom. The van der Waals surface area contributed by atoms with Gasteiger partial charge in [-0.05, 0) is 39.9 Å². The van der Waals surface area contributed by atoms with Crippen molar-refractivity contribution in [1.29, 1.82) is 0 Å². The van der Waals surface area contributed by atoms with Crippen molar-refractivity contribution in [2.75, 3.05) is 7.11 Å². The summed E-state index contributed by atoms with van der Waals surface area (Å²) >= 11 is 0. The molecule has 1 unspecified atom stereocenters. The number of aromatic nitrogens is 3. The van der Waals surface area contributed by atoms with E-state index in [-0.39, 0.29) is 23.0 Å². The molecule has 0 radical (unpaired) electrons. The summed E-state index contributed by atoms with van der Waals surface area (Å²) in [5.41, 5.74) is 5.53. The first-order valence-corrected chi connectivity index (χ1v) is 13.0. The number of hydrogen-bond acceptors (Lipinski definition) is 4. The van der Waals surface area contributed by atoms with E-state index in [0.717, 1.165) is 39.1 Å². The second-order valence-electron chi connectivity index (χ2n) is 9.66. The monoisotopic (exact) mass is 567 g/mol. The van der Waals surface area contributed by atoms with E-state index < -0.39 is 5.60 Å². The smallest absolute Gasteiger partial charge is 0.497 e. The molecule has 40 heavy (non-hydrogen) atoms. The van der Waals surface area contributed by atoms with Gasteiger partial charge in [0.15, 0.2) is 0 Å². The van der Waals surface area contributed by atoms with Gasteiger partial charge in [-0.25, -0.2) is 28.9 Å².